The van der Waals surface area contributed by atoms with E-state index < -0.39 is 5.97 Å². The molecule has 0 spiro atoms. The summed E-state index contributed by atoms with van der Waals surface area (Å²) in [6.07, 6.45) is 7.13. The second kappa shape index (κ2) is 3.89. The van der Waals surface area contributed by atoms with Crippen molar-refractivity contribution >= 4 is 5.97 Å². The number of carboxylic acids is 1. The van der Waals surface area contributed by atoms with Crippen molar-refractivity contribution < 1.29 is 9.90 Å². The average molecular weight is 197 g/mol. The highest BCUT2D eigenvalue weighted by Crippen LogP contribution is 2.34. The van der Waals surface area contributed by atoms with Crippen LogP contribution in [0, 0.1) is 0 Å². The minimum Gasteiger partial charge on any atom is -0.480 e. The van der Waals surface area contributed by atoms with Crippen LogP contribution in [0.3, 0.4) is 0 Å². The van der Waals surface area contributed by atoms with Gasteiger partial charge in [-0.2, -0.15) is 0 Å². The number of aliphatic carboxylic acids is 1. The predicted octanol–water partition coefficient (Wildman–Crippen LogP) is 1.87. The number of carboxylic acid groups (broad SMARTS) is 1. The molecule has 80 valence electrons. The maximum Gasteiger partial charge on any atom is 0.320 e. The summed E-state index contributed by atoms with van der Waals surface area (Å²) in [7, 11) is 0. The van der Waals surface area contributed by atoms with E-state index >= 15 is 0 Å². The van der Waals surface area contributed by atoms with Crippen molar-refractivity contribution in [3.05, 3.63) is 0 Å². The fourth-order valence-corrected chi connectivity index (χ4v) is 2.96. The van der Waals surface area contributed by atoms with Gasteiger partial charge in [0.25, 0.3) is 0 Å². The van der Waals surface area contributed by atoms with Crippen LogP contribution in [0.25, 0.3) is 0 Å². The molecule has 0 bridgehead atoms. The third kappa shape index (κ3) is 1.65. The Morgan fingerprint density at radius 2 is 1.93 bits per heavy atom. The molecule has 0 radical (unpaired) electrons. The fourth-order valence-electron chi connectivity index (χ4n) is 2.96. The first-order chi connectivity index (χ1) is 6.70. The summed E-state index contributed by atoms with van der Waals surface area (Å²) in [4.78, 5) is 13.2. The third-order valence-corrected chi connectivity index (χ3v) is 3.71. The SMILES string of the molecule is CC1CC(C(=O)O)N1C1CCCCC1. The Morgan fingerprint density at radius 3 is 2.43 bits per heavy atom. The molecule has 1 aliphatic carbocycles. The van der Waals surface area contributed by atoms with Crippen molar-refractivity contribution in [2.75, 3.05) is 0 Å². The molecule has 0 aromatic rings. The van der Waals surface area contributed by atoms with Gasteiger partial charge in [0.05, 0.1) is 0 Å². The molecule has 1 N–H and O–H groups in total. The Hall–Kier alpha value is -0.570. The molecule has 1 saturated carbocycles. The van der Waals surface area contributed by atoms with Gasteiger partial charge >= 0.3 is 5.97 Å². The standard InChI is InChI=1S/C11H19NO2/c1-8-7-10(11(13)14)12(8)9-5-3-2-4-6-9/h8-10H,2-7H2,1H3,(H,13,14). The van der Waals surface area contributed by atoms with Crippen LogP contribution >= 0.6 is 0 Å². The molecule has 0 aromatic carbocycles. The van der Waals surface area contributed by atoms with E-state index in [1.165, 1.54) is 32.1 Å². The summed E-state index contributed by atoms with van der Waals surface area (Å²) in [5, 5.41) is 9.01. The number of rotatable bonds is 2. The summed E-state index contributed by atoms with van der Waals surface area (Å²) < 4.78 is 0. The zero-order valence-corrected chi connectivity index (χ0v) is 8.78. The quantitative estimate of drug-likeness (QED) is 0.734. The highest BCUT2D eigenvalue weighted by Gasteiger charge is 2.44. The van der Waals surface area contributed by atoms with Crippen LogP contribution in [0.4, 0.5) is 0 Å². The Balaban J connectivity index is 1.96. The molecule has 1 saturated heterocycles. The smallest absolute Gasteiger partial charge is 0.320 e. The summed E-state index contributed by atoms with van der Waals surface area (Å²) >= 11 is 0. The van der Waals surface area contributed by atoms with Gasteiger partial charge in [-0.15, -0.1) is 0 Å². The van der Waals surface area contributed by atoms with Crippen LogP contribution in [-0.4, -0.2) is 34.1 Å². The minimum atomic E-state index is -0.631. The number of likely N-dealkylation sites (tertiary alicyclic amines) is 1. The molecule has 2 rings (SSSR count). The Labute approximate surface area is 85.1 Å². The Bertz CT molecular complexity index is 223. The second-order valence-electron chi connectivity index (χ2n) is 4.68. The normalized spacial score (nSPS) is 35.2. The molecule has 2 unspecified atom stereocenters. The lowest BCUT2D eigenvalue weighted by Crippen LogP contribution is -2.62. The van der Waals surface area contributed by atoms with Gasteiger partial charge < -0.3 is 5.11 Å². The molecule has 1 aliphatic heterocycles. The van der Waals surface area contributed by atoms with Crippen molar-refractivity contribution in [3.8, 4) is 0 Å². The lowest BCUT2D eigenvalue weighted by Gasteiger charge is -2.50. The van der Waals surface area contributed by atoms with Crippen LogP contribution in [0.5, 0.6) is 0 Å². The molecular formula is C11H19NO2. The molecule has 3 nitrogen and oxygen atoms in total. The fraction of sp³-hybridized carbons (Fsp3) is 0.909. The predicted molar refractivity (Wildman–Crippen MR) is 54.2 cm³/mol. The molecule has 3 heteroatoms. The van der Waals surface area contributed by atoms with Crippen molar-refractivity contribution in [3.63, 3.8) is 0 Å². The highest BCUT2D eigenvalue weighted by molar-refractivity contribution is 5.74. The van der Waals surface area contributed by atoms with E-state index in [-0.39, 0.29) is 6.04 Å². The van der Waals surface area contributed by atoms with Gasteiger partial charge in [0.2, 0.25) is 0 Å². The average Bonchev–Trinajstić information content (AvgIpc) is 2.15. The Kier molecular flexibility index (Phi) is 2.77. The minimum absolute atomic E-state index is 0.187. The van der Waals surface area contributed by atoms with Gasteiger partial charge in [0.15, 0.2) is 0 Å². The third-order valence-electron chi connectivity index (χ3n) is 3.71. The molecule has 2 atom stereocenters. The van der Waals surface area contributed by atoms with Crippen LogP contribution in [0.15, 0.2) is 0 Å². The number of nitrogens with zero attached hydrogens (tertiary/aromatic N) is 1. The molecule has 2 aliphatic rings. The molecule has 2 fully saturated rings. The first-order valence-electron chi connectivity index (χ1n) is 5.70. The molecule has 0 aromatic heterocycles. The van der Waals surface area contributed by atoms with Crippen molar-refractivity contribution in [1.29, 1.82) is 0 Å². The van der Waals surface area contributed by atoms with Crippen molar-refractivity contribution in [2.45, 2.75) is 63.6 Å². The van der Waals surface area contributed by atoms with E-state index in [0.29, 0.717) is 12.1 Å². The van der Waals surface area contributed by atoms with Crippen LogP contribution in [0.1, 0.15) is 45.4 Å². The zero-order chi connectivity index (χ0) is 10.1. The number of carbonyl (C=O) groups is 1. The molecule has 0 amide bonds. The van der Waals surface area contributed by atoms with Crippen LogP contribution in [-0.2, 0) is 4.79 Å². The van der Waals surface area contributed by atoms with E-state index in [4.69, 9.17) is 5.11 Å². The maximum atomic E-state index is 10.9. The molecular weight excluding hydrogens is 178 g/mol. The van der Waals surface area contributed by atoms with Crippen molar-refractivity contribution in [2.24, 2.45) is 0 Å². The lowest BCUT2D eigenvalue weighted by molar-refractivity contribution is -0.155. The summed E-state index contributed by atoms with van der Waals surface area (Å²) in [5.74, 6) is -0.631. The van der Waals surface area contributed by atoms with Gasteiger partial charge in [-0.1, -0.05) is 19.3 Å². The monoisotopic (exact) mass is 197 g/mol. The van der Waals surface area contributed by atoms with Crippen molar-refractivity contribution in [1.82, 2.24) is 4.90 Å². The first kappa shape index (κ1) is 9.97. The maximum absolute atomic E-state index is 10.9. The second-order valence-corrected chi connectivity index (χ2v) is 4.68. The Morgan fingerprint density at radius 1 is 1.29 bits per heavy atom. The summed E-state index contributed by atoms with van der Waals surface area (Å²) in [6.45, 7) is 2.15. The van der Waals surface area contributed by atoms with E-state index in [2.05, 4.69) is 11.8 Å². The largest absolute Gasteiger partial charge is 0.480 e. The van der Waals surface area contributed by atoms with E-state index in [9.17, 15) is 4.79 Å². The van der Waals surface area contributed by atoms with Gasteiger partial charge in [-0.25, -0.2) is 0 Å². The van der Waals surface area contributed by atoms with E-state index in [1.54, 1.807) is 0 Å². The van der Waals surface area contributed by atoms with E-state index in [0.717, 1.165) is 6.42 Å². The van der Waals surface area contributed by atoms with Gasteiger partial charge in [-0.05, 0) is 26.2 Å². The molecule has 14 heavy (non-hydrogen) atoms. The van der Waals surface area contributed by atoms with Gasteiger partial charge in [0.1, 0.15) is 6.04 Å². The molecule has 1 heterocycles. The number of hydrogen-bond acceptors (Lipinski definition) is 2. The van der Waals surface area contributed by atoms with Crippen LogP contribution < -0.4 is 0 Å². The van der Waals surface area contributed by atoms with Crippen LogP contribution in [0.2, 0.25) is 0 Å². The highest BCUT2D eigenvalue weighted by atomic mass is 16.4. The lowest BCUT2D eigenvalue weighted by atomic mass is 9.85. The van der Waals surface area contributed by atoms with Gasteiger partial charge in [-0.3, -0.25) is 9.69 Å². The first-order valence-corrected chi connectivity index (χ1v) is 5.70. The topological polar surface area (TPSA) is 40.5 Å². The van der Waals surface area contributed by atoms with Gasteiger partial charge in [0, 0.05) is 12.1 Å². The summed E-state index contributed by atoms with van der Waals surface area (Å²) in [5.41, 5.74) is 0. The number of hydrogen-bond donors (Lipinski definition) is 1. The summed E-state index contributed by atoms with van der Waals surface area (Å²) in [6, 6.07) is 0.848. The van der Waals surface area contributed by atoms with E-state index in [1.807, 2.05) is 0 Å². The zero-order valence-electron chi connectivity index (χ0n) is 8.78.